The molecule has 0 aliphatic carbocycles. The largest absolute Gasteiger partial charge is 0.365 e. The topological polar surface area (TPSA) is 66.5 Å². The number of H-pyrrole nitrogens is 1. The van der Waals surface area contributed by atoms with Gasteiger partial charge in [0.05, 0.1) is 22.9 Å². The van der Waals surface area contributed by atoms with E-state index in [9.17, 15) is 8.78 Å². The number of aromatic nitrogens is 4. The molecule has 0 saturated heterocycles. The van der Waals surface area contributed by atoms with Crippen molar-refractivity contribution in [3.63, 3.8) is 0 Å². The van der Waals surface area contributed by atoms with E-state index >= 15 is 0 Å². The van der Waals surface area contributed by atoms with Crippen LogP contribution in [0.4, 0.5) is 14.6 Å². The van der Waals surface area contributed by atoms with E-state index in [1.807, 2.05) is 12.1 Å². The Hall–Kier alpha value is -3.09. The zero-order valence-corrected chi connectivity index (χ0v) is 11.8. The molecule has 0 bridgehead atoms. The third-order valence-corrected chi connectivity index (χ3v) is 3.63. The number of rotatable bonds is 3. The maximum Gasteiger partial charge on any atom is 0.137 e. The van der Waals surface area contributed by atoms with Crippen LogP contribution in [0.2, 0.25) is 0 Å². The van der Waals surface area contributed by atoms with Gasteiger partial charge < -0.3 is 10.3 Å². The van der Waals surface area contributed by atoms with Crippen LogP contribution in [0, 0.1) is 11.6 Å². The third-order valence-electron chi connectivity index (χ3n) is 3.63. The number of hydrogen-bond donors (Lipinski definition) is 2. The summed E-state index contributed by atoms with van der Waals surface area (Å²) in [6, 6.07) is 7.09. The monoisotopic (exact) mass is 311 g/mol. The molecule has 0 unspecified atom stereocenters. The third kappa shape index (κ3) is 2.46. The number of benzene rings is 2. The van der Waals surface area contributed by atoms with Crippen LogP contribution < -0.4 is 5.32 Å². The summed E-state index contributed by atoms with van der Waals surface area (Å²) in [5.74, 6) is -0.390. The molecule has 0 saturated carbocycles. The van der Waals surface area contributed by atoms with Gasteiger partial charge in [0.25, 0.3) is 0 Å². The summed E-state index contributed by atoms with van der Waals surface area (Å²) in [5.41, 5.74) is 2.62. The van der Waals surface area contributed by atoms with E-state index in [0.29, 0.717) is 5.82 Å². The van der Waals surface area contributed by atoms with Gasteiger partial charge in [-0.2, -0.15) is 0 Å². The molecular weight excluding hydrogens is 300 g/mol. The first-order chi connectivity index (χ1) is 11.2. The normalized spacial score (nSPS) is 11.2. The van der Waals surface area contributed by atoms with Crippen LogP contribution in [-0.2, 0) is 6.54 Å². The summed E-state index contributed by atoms with van der Waals surface area (Å²) in [6.07, 6.45) is 3.03. The molecule has 0 aliphatic heterocycles. The Bertz CT molecular complexity index is 1010. The molecule has 2 aromatic carbocycles. The first kappa shape index (κ1) is 13.6. The molecule has 114 valence electrons. The average Bonchev–Trinajstić information content (AvgIpc) is 3.01. The van der Waals surface area contributed by atoms with E-state index in [1.165, 1.54) is 12.4 Å². The van der Waals surface area contributed by atoms with Crippen molar-refractivity contribution >= 4 is 27.8 Å². The molecule has 0 amide bonds. The summed E-state index contributed by atoms with van der Waals surface area (Å²) in [5, 5.41) is 3.82. The number of halogens is 2. The number of imidazole rings is 1. The predicted molar refractivity (Wildman–Crippen MR) is 82.9 cm³/mol. The molecule has 7 heteroatoms. The smallest absolute Gasteiger partial charge is 0.137 e. The second-order valence-corrected chi connectivity index (χ2v) is 5.10. The van der Waals surface area contributed by atoms with Crippen molar-refractivity contribution in [3.05, 3.63) is 60.2 Å². The van der Waals surface area contributed by atoms with E-state index in [1.54, 1.807) is 6.33 Å². The van der Waals surface area contributed by atoms with Gasteiger partial charge in [0, 0.05) is 17.5 Å². The van der Waals surface area contributed by atoms with E-state index in [2.05, 4.69) is 25.3 Å². The minimum atomic E-state index is -0.477. The number of anilines is 1. The van der Waals surface area contributed by atoms with Gasteiger partial charge in [-0.05, 0) is 30.3 Å². The zero-order chi connectivity index (χ0) is 15.8. The molecule has 2 heterocycles. The van der Waals surface area contributed by atoms with Crippen molar-refractivity contribution in [2.24, 2.45) is 0 Å². The van der Waals surface area contributed by atoms with Gasteiger partial charge in [-0.25, -0.2) is 23.7 Å². The number of fused-ring (bicyclic) bond motifs is 2. The highest BCUT2D eigenvalue weighted by atomic mass is 19.1. The molecule has 0 atom stereocenters. The fourth-order valence-electron chi connectivity index (χ4n) is 2.48. The highest BCUT2D eigenvalue weighted by Crippen LogP contribution is 2.24. The van der Waals surface area contributed by atoms with Crippen molar-refractivity contribution in [2.75, 3.05) is 5.32 Å². The lowest BCUT2D eigenvalue weighted by atomic mass is 10.2. The highest BCUT2D eigenvalue weighted by molar-refractivity contribution is 5.98. The SMILES string of the molecule is Fc1ccc(F)c(CNc2ncnc3cc4nc[nH]c4cc23)c1. The molecule has 5 nitrogen and oxygen atoms in total. The maximum absolute atomic E-state index is 13.7. The van der Waals surface area contributed by atoms with Gasteiger partial charge >= 0.3 is 0 Å². The van der Waals surface area contributed by atoms with Gasteiger partial charge in [0.15, 0.2) is 0 Å². The molecule has 23 heavy (non-hydrogen) atoms. The standard InChI is InChI=1S/C16H11F2N5/c17-10-1-2-12(18)9(3-10)6-19-16-11-4-14-15(22-7-21-14)5-13(11)20-8-23-16/h1-5,7-8H,6H2,(H,21,22)(H,19,20,23). The van der Waals surface area contributed by atoms with Crippen LogP contribution >= 0.6 is 0 Å². The van der Waals surface area contributed by atoms with Crippen LogP contribution in [0.5, 0.6) is 0 Å². The number of nitrogens with one attached hydrogen (secondary N) is 2. The van der Waals surface area contributed by atoms with Gasteiger partial charge in [-0.15, -0.1) is 0 Å². The minimum Gasteiger partial charge on any atom is -0.365 e. The van der Waals surface area contributed by atoms with Crippen LogP contribution in [0.3, 0.4) is 0 Å². The fourth-order valence-corrected chi connectivity index (χ4v) is 2.48. The fraction of sp³-hybridized carbons (Fsp3) is 0.0625. The first-order valence-electron chi connectivity index (χ1n) is 6.96. The minimum absolute atomic E-state index is 0.122. The quantitative estimate of drug-likeness (QED) is 0.608. The molecule has 0 fully saturated rings. The van der Waals surface area contributed by atoms with Crippen LogP contribution in [0.15, 0.2) is 43.0 Å². The van der Waals surface area contributed by atoms with Gasteiger partial charge in [-0.1, -0.05) is 0 Å². The zero-order valence-electron chi connectivity index (χ0n) is 11.8. The Labute approximate surface area is 129 Å². The van der Waals surface area contributed by atoms with E-state index in [0.717, 1.165) is 34.1 Å². The molecule has 4 aromatic rings. The Morgan fingerprint density at radius 2 is 1.91 bits per heavy atom. The lowest BCUT2D eigenvalue weighted by Crippen LogP contribution is -2.05. The van der Waals surface area contributed by atoms with E-state index in [4.69, 9.17) is 0 Å². The average molecular weight is 311 g/mol. The van der Waals surface area contributed by atoms with E-state index in [-0.39, 0.29) is 12.1 Å². The number of hydrogen-bond acceptors (Lipinski definition) is 4. The summed E-state index contributed by atoms with van der Waals surface area (Å²) in [4.78, 5) is 15.6. The molecule has 0 aliphatic rings. The Morgan fingerprint density at radius 1 is 1.00 bits per heavy atom. The van der Waals surface area contributed by atoms with Crippen LogP contribution in [0.1, 0.15) is 5.56 Å². The highest BCUT2D eigenvalue weighted by Gasteiger charge is 2.09. The van der Waals surface area contributed by atoms with E-state index < -0.39 is 11.6 Å². The summed E-state index contributed by atoms with van der Waals surface area (Å²) in [7, 11) is 0. The van der Waals surface area contributed by atoms with Crippen molar-refractivity contribution in [2.45, 2.75) is 6.54 Å². The molecule has 2 N–H and O–H groups in total. The van der Waals surface area contributed by atoms with Gasteiger partial charge in [0.1, 0.15) is 23.8 Å². The van der Waals surface area contributed by atoms with Gasteiger partial charge in [0.2, 0.25) is 0 Å². The summed E-state index contributed by atoms with van der Waals surface area (Å²) >= 11 is 0. The molecule has 0 spiro atoms. The summed E-state index contributed by atoms with van der Waals surface area (Å²) < 4.78 is 26.9. The van der Waals surface area contributed by atoms with Crippen molar-refractivity contribution < 1.29 is 8.78 Å². The second-order valence-electron chi connectivity index (χ2n) is 5.10. The second kappa shape index (κ2) is 5.28. The van der Waals surface area contributed by atoms with Crippen molar-refractivity contribution in [1.82, 2.24) is 19.9 Å². The summed E-state index contributed by atoms with van der Waals surface area (Å²) in [6.45, 7) is 0.122. The Kier molecular flexibility index (Phi) is 3.11. The van der Waals surface area contributed by atoms with Crippen molar-refractivity contribution in [3.8, 4) is 0 Å². The van der Waals surface area contributed by atoms with Crippen LogP contribution in [-0.4, -0.2) is 19.9 Å². The Balaban J connectivity index is 1.72. The lowest BCUT2D eigenvalue weighted by Gasteiger charge is -2.09. The predicted octanol–water partition coefficient (Wildman–Crippen LogP) is 3.40. The first-order valence-corrected chi connectivity index (χ1v) is 6.96. The molecule has 2 aromatic heterocycles. The maximum atomic E-state index is 13.7. The lowest BCUT2D eigenvalue weighted by molar-refractivity contribution is 0.587. The molecular formula is C16H11F2N5. The van der Waals surface area contributed by atoms with Gasteiger partial charge in [-0.3, -0.25) is 0 Å². The van der Waals surface area contributed by atoms with Crippen LogP contribution in [0.25, 0.3) is 21.9 Å². The number of nitrogens with zero attached hydrogens (tertiary/aromatic N) is 3. The molecule has 0 radical (unpaired) electrons. The Morgan fingerprint density at radius 3 is 2.83 bits per heavy atom. The number of aromatic amines is 1. The molecule has 4 rings (SSSR count). The van der Waals surface area contributed by atoms with Crippen molar-refractivity contribution in [1.29, 1.82) is 0 Å².